The number of anilines is 1. The molecule has 0 fully saturated rings. The number of ether oxygens (including phenoxy) is 2. The zero-order valence-electron chi connectivity index (χ0n) is 12.0. The minimum Gasteiger partial charge on any atom is -0.497 e. The van der Waals surface area contributed by atoms with Crippen LogP contribution in [-0.4, -0.2) is 35.8 Å². The van der Waals surface area contributed by atoms with Crippen molar-refractivity contribution in [3.8, 4) is 11.5 Å². The molecule has 7 heteroatoms. The number of thiocarbonyl (C=S) groups is 1. The van der Waals surface area contributed by atoms with Crippen molar-refractivity contribution >= 4 is 23.0 Å². The molecule has 0 amide bonds. The van der Waals surface area contributed by atoms with Crippen LogP contribution in [0.2, 0.25) is 0 Å². The Morgan fingerprint density at radius 2 is 2.19 bits per heavy atom. The van der Waals surface area contributed by atoms with Crippen molar-refractivity contribution in [1.82, 2.24) is 15.3 Å². The van der Waals surface area contributed by atoms with Crippen LogP contribution in [0.15, 0.2) is 30.7 Å². The lowest BCUT2D eigenvalue weighted by Gasteiger charge is -2.14. The molecule has 0 saturated carbocycles. The minimum absolute atomic E-state index is 0.540. The lowest BCUT2D eigenvalue weighted by molar-refractivity contribution is 0.395. The number of imidazole rings is 1. The number of aromatic amines is 1. The van der Waals surface area contributed by atoms with Crippen LogP contribution in [0, 0.1) is 0 Å². The maximum atomic E-state index is 5.31. The molecule has 0 radical (unpaired) electrons. The number of rotatable bonds is 6. The molecule has 0 aliphatic carbocycles. The third kappa shape index (κ3) is 4.35. The Labute approximate surface area is 128 Å². The van der Waals surface area contributed by atoms with Gasteiger partial charge >= 0.3 is 0 Å². The van der Waals surface area contributed by atoms with Crippen LogP contribution in [0.25, 0.3) is 0 Å². The molecule has 1 heterocycles. The molecule has 6 nitrogen and oxygen atoms in total. The van der Waals surface area contributed by atoms with E-state index in [9.17, 15) is 0 Å². The van der Waals surface area contributed by atoms with Crippen LogP contribution in [-0.2, 0) is 6.42 Å². The summed E-state index contributed by atoms with van der Waals surface area (Å²) in [5, 5.41) is 6.78. The first kappa shape index (κ1) is 15.1. The summed E-state index contributed by atoms with van der Waals surface area (Å²) in [5.41, 5.74) is 1.85. The van der Waals surface area contributed by atoms with Crippen LogP contribution < -0.4 is 20.1 Å². The molecule has 1 aromatic heterocycles. The highest BCUT2D eigenvalue weighted by molar-refractivity contribution is 7.80. The van der Waals surface area contributed by atoms with Crippen molar-refractivity contribution in [2.45, 2.75) is 6.42 Å². The summed E-state index contributed by atoms with van der Waals surface area (Å²) >= 11 is 5.26. The number of nitrogens with one attached hydrogen (secondary N) is 3. The summed E-state index contributed by atoms with van der Waals surface area (Å²) in [6, 6.07) is 5.51. The molecule has 21 heavy (non-hydrogen) atoms. The largest absolute Gasteiger partial charge is 0.497 e. The zero-order chi connectivity index (χ0) is 15.1. The summed E-state index contributed by atoms with van der Waals surface area (Å²) in [4.78, 5) is 7.01. The summed E-state index contributed by atoms with van der Waals surface area (Å²) in [7, 11) is 3.22. The number of nitrogens with zero attached hydrogens (tertiary/aromatic N) is 1. The van der Waals surface area contributed by atoms with Gasteiger partial charge in [-0.25, -0.2) is 4.98 Å². The van der Waals surface area contributed by atoms with Crippen molar-refractivity contribution in [1.29, 1.82) is 0 Å². The van der Waals surface area contributed by atoms with Gasteiger partial charge in [-0.05, 0) is 24.4 Å². The highest BCUT2D eigenvalue weighted by atomic mass is 32.1. The van der Waals surface area contributed by atoms with Gasteiger partial charge in [0.2, 0.25) is 0 Å². The monoisotopic (exact) mass is 306 g/mol. The van der Waals surface area contributed by atoms with E-state index in [2.05, 4.69) is 20.6 Å². The third-order valence-corrected chi connectivity index (χ3v) is 3.14. The summed E-state index contributed by atoms with van der Waals surface area (Å²) in [6.07, 6.45) is 4.28. The Morgan fingerprint density at radius 1 is 1.33 bits per heavy atom. The number of hydrogen-bond acceptors (Lipinski definition) is 4. The fraction of sp³-hybridized carbons (Fsp3) is 0.286. The van der Waals surface area contributed by atoms with E-state index < -0.39 is 0 Å². The molecule has 0 saturated heterocycles. The second kappa shape index (κ2) is 7.49. The average molecular weight is 306 g/mol. The van der Waals surface area contributed by atoms with E-state index in [0.29, 0.717) is 17.4 Å². The maximum absolute atomic E-state index is 5.31. The topological polar surface area (TPSA) is 71.2 Å². The van der Waals surface area contributed by atoms with Gasteiger partial charge in [-0.3, -0.25) is 0 Å². The van der Waals surface area contributed by atoms with Gasteiger partial charge < -0.3 is 25.1 Å². The number of aromatic nitrogens is 2. The lowest BCUT2D eigenvalue weighted by Crippen LogP contribution is -2.30. The Morgan fingerprint density at radius 3 is 2.86 bits per heavy atom. The predicted octanol–water partition coefficient (Wildman–Crippen LogP) is 1.96. The molecule has 1 aromatic carbocycles. The first-order valence-electron chi connectivity index (χ1n) is 6.47. The Bertz CT molecular complexity index is 587. The zero-order valence-corrected chi connectivity index (χ0v) is 12.8. The molecule has 2 rings (SSSR count). The Kier molecular flexibility index (Phi) is 5.39. The van der Waals surface area contributed by atoms with E-state index >= 15 is 0 Å². The minimum atomic E-state index is 0.540. The van der Waals surface area contributed by atoms with Gasteiger partial charge in [0.25, 0.3) is 0 Å². The molecule has 0 unspecified atom stereocenters. The van der Waals surface area contributed by atoms with Crippen molar-refractivity contribution in [3.63, 3.8) is 0 Å². The highest BCUT2D eigenvalue weighted by Gasteiger charge is 2.06. The molecule has 0 atom stereocenters. The van der Waals surface area contributed by atoms with Crippen molar-refractivity contribution in [2.24, 2.45) is 0 Å². The van der Waals surface area contributed by atoms with E-state index in [1.165, 1.54) is 0 Å². The third-order valence-electron chi connectivity index (χ3n) is 2.89. The van der Waals surface area contributed by atoms with Gasteiger partial charge in [-0.1, -0.05) is 0 Å². The van der Waals surface area contributed by atoms with E-state index in [1.54, 1.807) is 32.8 Å². The quantitative estimate of drug-likeness (QED) is 0.709. The van der Waals surface area contributed by atoms with Gasteiger partial charge in [0.1, 0.15) is 11.5 Å². The number of H-pyrrole nitrogens is 1. The Hall–Kier alpha value is -2.28. The number of hydrogen-bond donors (Lipinski definition) is 3. The first-order chi connectivity index (χ1) is 10.2. The predicted molar refractivity (Wildman–Crippen MR) is 86.1 cm³/mol. The van der Waals surface area contributed by atoms with Gasteiger partial charge in [0, 0.05) is 30.9 Å². The smallest absolute Gasteiger partial charge is 0.170 e. The molecule has 2 aromatic rings. The SMILES string of the molecule is COc1ccc(NC(=S)NCCc2cnc[nH]2)c(OC)c1. The van der Waals surface area contributed by atoms with E-state index in [4.69, 9.17) is 21.7 Å². The molecule has 3 N–H and O–H groups in total. The van der Waals surface area contributed by atoms with E-state index in [-0.39, 0.29) is 0 Å². The van der Waals surface area contributed by atoms with Gasteiger partial charge in [-0.2, -0.15) is 0 Å². The van der Waals surface area contributed by atoms with Gasteiger partial charge in [-0.15, -0.1) is 0 Å². The number of benzene rings is 1. The maximum Gasteiger partial charge on any atom is 0.170 e. The second-order valence-corrected chi connectivity index (χ2v) is 4.68. The van der Waals surface area contributed by atoms with Gasteiger partial charge in [0.15, 0.2) is 5.11 Å². The average Bonchev–Trinajstić information content (AvgIpc) is 3.01. The molecule has 0 aliphatic rings. The van der Waals surface area contributed by atoms with Crippen LogP contribution in [0.5, 0.6) is 11.5 Å². The van der Waals surface area contributed by atoms with Crippen LogP contribution in [0.4, 0.5) is 5.69 Å². The fourth-order valence-electron chi connectivity index (χ4n) is 1.80. The summed E-state index contributed by atoms with van der Waals surface area (Å²) < 4.78 is 10.5. The first-order valence-corrected chi connectivity index (χ1v) is 6.88. The van der Waals surface area contributed by atoms with Crippen molar-refractivity contribution in [2.75, 3.05) is 26.1 Å². The van der Waals surface area contributed by atoms with E-state index in [1.807, 2.05) is 12.1 Å². The highest BCUT2D eigenvalue weighted by Crippen LogP contribution is 2.28. The molecule has 0 aliphatic heterocycles. The van der Waals surface area contributed by atoms with Crippen LogP contribution >= 0.6 is 12.2 Å². The normalized spacial score (nSPS) is 10.0. The number of methoxy groups -OCH3 is 2. The lowest BCUT2D eigenvalue weighted by atomic mass is 10.2. The molecule has 112 valence electrons. The fourth-order valence-corrected chi connectivity index (χ4v) is 2.01. The van der Waals surface area contributed by atoms with Crippen LogP contribution in [0.1, 0.15) is 5.69 Å². The standard InChI is InChI=1S/C14H18N4O2S/c1-19-11-3-4-12(13(7-11)20-2)18-14(21)16-6-5-10-8-15-9-17-10/h3-4,7-9H,5-6H2,1-2H3,(H,15,17)(H2,16,18,21). The summed E-state index contributed by atoms with van der Waals surface area (Å²) in [5.74, 6) is 1.41. The van der Waals surface area contributed by atoms with Gasteiger partial charge in [0.05, 0.1) is 26.2 Å². The molecule has 0 bridgehead atoms. The molecule has 0 spiro atoms. The van der Waals surface area contributed by atoms with Crippen molar-refractivity contribution in [3.05, 3.63) is 36.4 Å². The summed E-state index contributed by atoms with van der Waals surface area (Å²) in [6.45, 7) is 0.715. The van der Waals surface area contributed by atoms with Crippen LogP contribution in [0.3, 0.4) is 0 Å². The second-order valence-electron chi connectivity index (χ2n) is 4.27. The molecular formula is C14H18N4O2S. The van der Waals surface area contributed by atoms with E-state index in [0.717, 1.165) is 23.6 Å². The van der Waals surface area contributed by atoms with Crippen molar-refractivity contribution < 1.29 is 9.47 Å². The molecular weight excluding hydrogens is 288 g/mol. The Balaban J connectivity index is 1.87.